The van der Waals surface area contributed by atoms with Crippen LogP contribution in [0.1, 0.15) is 22.3 Å². The van der Waals surface area contributed by atoms with E-state index in [2.05, 4.69) is 22.2 Å². The van der Waals surface area contributed by atoms with E-state index in [1.807, 2.05) is 31.2 Å². The number of hydrogen-bond donors (Lipinski definition) is 2. The smallest absolute Gasteiger partial charge is 0.337 e. The van der Waals surface area contributed by atoms with Gasteiger partial charge < -0.3 is 25.0 Å². The van der Waals surface area contributed by atoms with E-state index < -0.39 is 11.9 Å². The molecule has 1 aliphatic rings. The number of rotatable bonds is 6. The maximum absolute atomic E-state index is 12.3. The van der Waals surface area contributed by atoms with Gasteiger partial charge in [0.25, 0.3) is 5.91 Å². The van der Waals surface area contributed by atoms with E-state index >= 15 is 0 Å². The van der Waals surface area contributed by atoms with Crippen LogP contribution in [0.3, 0.4) is 0 Å². The number of carbonyl (C=O) groups is 2. The third-order valence-corrected chi connectivity index (χ3v) is 4.95. The number of aryl methyl sites for hydroxylation is 1. The first-order valence-corrected chi connectivity index (χ1v) is 9.72. The van der Waals surface area contributed by atoms with Crippen LogP contribution in [-0.2, 0) is 4.79 Å². The number of carboxylic acid groups (broad SMARTS) is 1. The molecule has 0 atom stereocenters. The number of amides is 1. The summed E-state index contributed by atoms with van der Waals surface area (Å²) in [5.41, 5.74) is 2.23. The second kappa shape index (κ2) is 9.43. The zero-order chi connectivity index (χ0) is 20.8. The Labute approximate surface area is 170 Å². The molecule has 0 radical (unpaired) electrons. The van der Waals surface area contributed by atoms with Crippen LogP contribution in [0.2, 0.25) is 0 Å². The fraction of sp³-hybridized carbons (Fsp3) is 0.364. The van der Waals surface area contributed by atoms with Gasteiger partial charge in [0.05, 0.1) is 11.3 Å². The first-order valence-electron chi connectivity index (χ1n) is 9.72. The Balaban J connectivity index is 1.68. The highest BCUT2D eigenvalue weighted by molar-refractivity contribution is 6.01. The predicted octanol–water partition coefficient (Wildman–Crippen LogP) is 2.85. The van der Waals surface area contributed by atoms with E-state index in [-0.39, 0.29) is 17.9 Å². The van der Waals surface area contributed by atoms with Gasteiger partial charge in [-0.15, -0.1) is 0 Å². The van der Waals surface area contributed by atoms with Crippen molar-refractivity contribution in [3.8, 4) is 5.75 Å². The van der Waals surface area contributed by atoms with Gasteiger partial charge in [-0.1, -0.05) is 12.1 Å². The Morgan fingerprint density at radius 2 is 1.93 bits per heavy atom. The predicted molar refractivity (Wildman–Crippen MR) is 113 cm³/mol. The molecule has 0 saturated carbocycles. The van der Waals surface area contributed by atoms with Gasteiger partial charge in [-0.2, -0.15) is 0 Å². The molecule has 0 unspecified atom stereocenters. The Bertz CT molecular complexity index is 884. The van der Waals surface area contributed by atoms with E-state index in [0.29, 0.717) is 5.75 Å². The van der Waals surface area contributed by atoms with Crippen LogP contribution in [0.25, 0.3) is 0 Å². The van der Waals surface area contributed by atoms with Crippen molar-refractivity contribution in [1.82, 2.24) is 4.90 Å². The van der Waals surface area contributed by atoms with Crippen LogP contribution < -0.4 is 15.0 Å². The van der Waals surface area contributed by atoms with Crippen LogP contribution in [0.15, 0.2) is 42.5 Å². The zero-order valence-corrected chi connectivity index (χ0v) is 16.9. The summed E-state index contributed by atoms with van der Waals surface area (Å²) in [7, 11) is 2.09. The number of nitrogens with one attached hydrogen (secondary N) is 1. The van der Waals surface area contributed by atoms with Gasteiger partial charge >= 0.3 is 5.97 Å². The van der Waals surface area contributed by atoms with Crippen molar-refractivity contribution in [3.05, 3.63) is 53.6 Å². The molecule has 7 heteroatoms. The first-order chi connectivity index (χ1) is 13.9. The summed E-state index contributed by atoms with van der Waals surface area (Å²) in [6, 6.07) is 12.5. The highest BCUT2D eigenvalue weighted by Gasteiger charge is 2.18. The molecule has 1 amide bonds. The summed E-state index contributed by atoms with van der Waals surface area (Å²) >= 11 is 0. The summed E-state index contributed by atoms with van der Waals surface area (Å²) in [4.78, 5) is 28.5. The first kappa shape index (κ1) is 20.7. The number of carboxylic acids is 1. The van der Waals surface area contributed by atoms with E-state index in [1.165, 1.54) is 0 Å². The van der Waals surface area contributed by atoms with Crippen LogP contribution in [-0.4, -0.2) is 61.7 Å². The minimum atomic E-state index is -1.08. The number of likely N-dealkylation sites (N-methyl/N-ethyl adjacent to an activating group) is 1. The van der Waals surface area contributed by atoms with Gasteiger partial charge in [-0.25, -0.2) is 4.79 Å². The number of hydrogen-bond acceptors (Lipinski definition) is 5. The van der Waals surface area contributed by atoms with Crippen LogP contribution >= 0.6 is 0 Å². The summed E-state index contributed by atoms with van der Waals surface area (Å²) < 4.78 is 5.49. The zero-order valence-electron chi connectivity index (χ0n) is 16.9. The Hall–Kier alpha value is -3.06. The maximum atomic E-state index is 12.3. The highest BCUT2D eigenvalue weighted by atomic mass is 16.5. The molecule has 1 heterocycles. The molecule has 2 N–H and O–H groups in total. The minimum Gasteiger partial charge on any atom is -0.484 e. The quantitative estimate of drug-likeness (QED) is 0.780. The summed E-state index contributed by atoms with van der Waals surface area (Å²) in [5.74, 6) is -0.882. The third kappa shape index (κ3) is 5.71. The minimum absolute atomic E-state index is 0.0732. The number of ether oxygens (including phenoxy) is 1. The number of carbonyl (C=O) groups excluding carboxylic acids is 1. The summed E-state index contributed by atoms with van der Waals surface area (Å²) in [6.07, 6.45) is 1.02. The van der Waals surface area contributed by atoms with Gasteiger partial charge in [0.15, 0.2) is 6.61 Å². The molecular formula is C22H27N3O4. The fourth-order valence-corrected chi connectivity index (χ4v) is 3.36. The van der Waals surface area contributed by atoms with Crippen molar-refractivity contribution in [2.45, 2.75) is 13.3 Å². The monoisotopic (exact) mass is 397 g/mol. The van der Waals surface area contributed by atoms with Gasteiger partial charge in [0.1, 0.15) is 5.75 Å². The molecule has 29 heavy (non-hydrogen) atoms. The van der Waals surface area contributed by atoms with E-state index in [1.54, 1.807) is 18.2 Å². The van der Waals surface area contributed by atoms with Crippen molar-refractivity contribution in [2.24, 2.45) is 0 Å². The lowest BCUT2D eigenvalue weighted by Gasteiger charge is -2.24. The van der Waals surface area contributed by atoms with Crippen molar-refractivity contribution < 1.29 is 19.4 Å². The molecule has 7 nitrogen and oxygen atoms in total. The number of benzene rings is 2. The topological polar surface area (TPSA) is 82.1 Å². The summed E-state index contributed by atoms with van der Waals surface area (Å²) in [5, 5.41) is 12.3. The van der Waals surface area contributed by atoms with Gasteiger partial charge in [-0.05, 0) is 62.8 Å². The Kier molecular flexibility index (Phi) is 6.72. The highest BCUT2D eigenvalue weighted by Crippen LogP contribution is 2.25. The lowest BCUT2D eigenvalue weighted by molar-refractivity contribution is -0.118. The lowest BCUT2D eigenvalue weighted by atomic mass is 10.1. The largest absolute Gasteiger partial charge is 0.484 e. The fourth-order valence-electron chi connectivity index (χ4n) is 3.36. The average molecular weight is 397 g/mol. The third-order valence-electron chi connectivity index (χ3n) is 4.95. The van der Waals surface area contributed by atoms with Crippen LogP contribution in [0.5, 0.6) is 5.75 Å². The Morgan fingerprint density at radius 1 is 1.10 bits per heavy atom. The molecule has 1 saturated heterocycles. The number of nitrogens with zero attached hydrogens (tertiary/aromatic N) is 2. The van der Waals surface area contributed by atoms with Gasteiger partial charge in [-0.3, -0.25) is 4.79 Å². The van der Waals surface area contributed by atoms with Crippen molar-refractivity contribution in [2.75, 3.05) is 50.1 Å². The molecular weight excluding hydrogens is 370 g/mol. The molecule has 154 valence electrons. The molecule has 0 spiro atoms. The van der Waals surface area contributed by atoms with Gasteiger partial charge in [0.2, 0.25) is 0 Å². The van der Waals surface area contributed by atoms with Crippen LogP contribution in [0.4, 0.5) is 11.4 Å². The standard InChI is InChI=1S/C22H27N3O4/c1-16-5-3-6-18(13-16)29-15-21(26)23-20-8-7-17(14-19(20)22(27)28)25-10-4-9-24(2)11-12-25/h3,5-8,13-14H,4,9-12,15H2,1-2H3,(H,23,26)(H,27,28). The van der Waals surface area contributed by atoms with Crippen molar-refractivity contribution in [3.63, 3.8) is 0 Å². The molecule has 3 rings (SSSR count). The SMILES string of the molecule is Cc1cccc(OCC(=O)Nc2ccc(N3CCCN(C)CC3)cc2C(=O)O)c1. The summed E-state index contributed by atoms with van der Waals surface area (Å²) in [6.45, 7) is 5.41. The second-order valence-electron chi connectivity index (χ2n) is 7.33. The van der Waals surface area contributed by atoms with E-state index in [0.717, 1.165) is 43.9 Å². The number of anilines is 2. The van der Waals surface area contributed by atoms with Crippen molar-refractivity contribution >= 4 is 23.3 Å². The van der Waals surface area contributed by atoms with E-state index in [4.69, 9.17) is 4.74 Å². The molecule has 1 aliphatic heterocycles. The maximum Gasteiger partial charge on any atom is 0.337 e. The number of aromatic carboxylic acids is 1. The molecule has 2 aromatic carbocycles. The van der Waals surface area contributed by atoms with Crippen LogP contribution in [0, 0.1) is 6.92 Å². The molecule has 2 aromatic rings. The average Bonchev–Trinajstić information content (AvgIpc) is 2.91. The molecule has 0 aromatic heterocycles. The second-order valence-corrected chi connectivity index (χ2v) is 7.33. The normalized spacial score (nSPS) is 14.9. The lowest BCUT2D eigenvalue weighted by Crippen LogP contribution is -2.29. The molecule has 1 fully saturated rings. The van der Waals surface area contributed by atoms with Gasteiger partial charge in [0, 0.05) is 25.3 Å². The molecule has 0 aliphatic carbocycles. The van der Waals surface area contributed by atoms with Crippen molar-refractivity contribution in [1.29, 1.82) is 0 Å². The molecule has 0 bridgehead atoms. The van der Waals surface area contributed by atoms with E-state index in [9.17, 15) is 14.7 Å². The Morgan fingerprint density at radius 3 is 2.69 bits per heavy atom.